The molecule has 25 heavy (non-hydrogen) atoms. The van der Waals surface area contributed by atoms with Crippen molar-refractivity contribution in [1.82, 2.24) is 9.38 Å². The van der Waals surface area contributed by atoms with Gasteiger partial charge in [0, 0.05) is 16.2 Å². The Kier molecular flexibility index (Phi) is 4.45. The van der Waals surface area contributed by atoms with E-state index in [-0.39, 0.29) is 5.91 Å². The molecule has 7 heteroatoms. The van der Waals surface area contributed by atoms with E-state index in [1.165, 1.54) is 11.3 Å². The molecule has 0 aliphatic carbocycles. The van der Waals surface area contributed by atoms with Crippen LogP contribution in [-0.4, -0.2) is 15.3 Å². The minimum atomic E-state index is -0.148. The lowest BCUT2D eigenvalue weighted by molar-refractivity contribution is 0.103. The van der Waals surface area contributed by atoms with Crippen LogP contribution < -0.4 is 5.32 Å². The Bertz CT molecular complexity index is 1060. The van der Waals surface area contributed by atoms with Crippen LogP contribution in [0.25, 0.3) is 16.9 Å². The van der Waals surface area contributed by atoms with E-state index in [1.807, 2.05) is 58.4 Å². The lowest BCUT2D eigenvalue weighted by atomic mass is 10.1. The highest BCUT2D eigenvalue weighted by Gasteiger charge is 2.19. The first kappa shape index (κ1) is 16.5. The van der Waals surface area contributed by atoms with Crippen LogP contribution in [0.4, 0.5) is 5.82 Å². The number of halogens is 2. The summed E-state index contributed by atoms with van der Waals surface area (Å²) in [6.07, 6.45) is 1.89. The molecular weight excluding hydrogens is 466 g/mol. The van der Waals surface area contributed by atoms with Crippen LogP contribution in [0.1, 0.15) is 9.67 Å². The van der Waals surface area contributed by atoms with Gasteiger partial charge in [-0.1, -0.05) is 36.4 Å². The number of imidazole rings is 1. The van der Waals surface area contributed by atoms with Crippen LogP contribution in [0, 0.1) is 0 Å². The van der Waals surface area contributed by atoms with Crippen LogP contribution in [0.15, 0.2) is 69.1 Å². The summed E-state index contributed by atoms with van der Waals surface area (Å²) in [6.45, 7) is 0. The molecule has 1 N–H and O–H groups in total. The molecule has 1 amide bonds. The number of nitrogens with zero attached hydrogens (tertiary/aromatic N) is 2. The van der Waals surface area contributed by atoms with Crippen molar-refractivity contribution in [2.45, 2.75) is 0 Å². The van der Waals surface area contributed by atoms with Crippen molar-refractivity contribution in [3.05, 3.63) is 73.9 Å². The molecule has 1 aromatic carbocycles. The van der Waals surface area contributed by atoms with Crippen molar-refractivity contribution in [1.29, 1.82) is 0 Å². The minimum Gasteiger partial charge on any atom is -0.305 e. The summed E-state index contributed by atoms with van der Waals surface area (Å²) in [5, 5.41) is 4.90. The second-order valence-electron chi connectivity index (χ2n) is 5.31. The van der Waals surface area contributed by atoms with Crippen LogP contribution in [0.3, 0.4) is 0 Å². The number of thiophene rings is 1. The van der Waals surface area contributed by atoms with E-state index in [4.69, 9.17) is 4.98 Å². The zero-order valence-corrected chi connectivity index (χ0v) is 16.7. The molecule has 0 unspecified atom stereocenters. The van der Waals surface area contributed by atoms with E-state index in [9.17, 15) is 4.79 Å². The highest BCUT2D eigenvalue weighted by Crippen LogP contribution is 2.33. The zero-order chi connectivity index (χ0) is 17.4. The fraction of sp³-hybridized carbons (Fsp3) is 0. The third-order valence-electron chi connectivity index (χ3n) is 3.67. The van der Waals surface area contributed by atoms with E-state index in [0.717, 1.165) is 25.8 Å². The fourth-order valence-electron chi connectivity index (χ4n) is 2.57. The van der Waals surface area contributed by atoms with Crippen molar-refractivity contribution < 1.29 is 4.79 Å². The maximum absolute atomic E-state index is 12.6. The van der Waals surface area contributed by atoms with Gasteiger partial charge < -0.3 is 5.32 Å². The molecule has 4 aromatic rings. The minimum absolute atomic E-state index is 0.148. The maximum Gasteiger partial charge on any atom is 0.266 e. The third kappa shape index (κ3) is 3.15. The van der Waals surface area contributed by atoms with Crippen molar-refractivity contribution in [2.24, 2.45) is 0 Å². The lowest BCUT2D eigenvalue weighted by Crippen LogP contribution is -2.12. The molecule has 0 saturated heterocycles. The number of nitrogens with one attached hydrogen (secondary N) is 1. The summed E-state index contributed by atoms with van der Waals surface area (Å²) < 4.78 is 3.60. The number of anilines is 1. The maximum atomic E-state index is 12.6. The van der Waals surface area contributed by atoms with Crippen molar-refractivity contribution in [3.8, 4) is 11.3 Å². The predicted molar refractivity (Wildman–Crippen MR) is 108 cm³/mol. The number of carbonyl (C=O) groups excluding carboxylic acids is 1. The smallest absolute Gasteiger partial charge is 0.266 e. The topological polar surface area (TPSA) is 46.4 Å². The Labute approximate surface area is 164 Å². The summed E-state index contributed by atoms with van der Waals surface area (Å²) in [6, 6.07) is 15.4. The van der Waals surface area contributed by atoms with E-state index < -0.39 is 0 Å². The summed E-state index contributed by atoms with van der Waals surface area (Å²) in [5.41, 5.74) is 2.41. The summed E-state index contributed by atoms with van der Waals surface area (Å²) in [7, 11) is 0. The number of hydrogen-bond donors (Lipinski definition) is 1. The van der Waals surface area contributed by atoms with Gasteiger partial charge in [-0.2, -0.15) is 0 Å². The van der Waals surface area contributed by atoms with Crippen molar-refractivity contribution >= 4 is 60.6 Å². The first-order valence-corrected chi connectivity index (χ1v) is 9.87. The Hall–Kier alpha value is -1.96. The van der Waals surface area contributed by atoms with Crippen molar-refractivity contribution in [2.75, 3.05) is 5.32 Å². The fourth-order valence-corrected chi connectivity index (χ4v) is 4.45. The van der Waals surface area contributed by atoms with Gasteiger partial charge in [0.2, 0.25) is 0 Å². The Morgan fingerprint density at radius 1 is 1.12 bits per heavy atom. The highest BCUT2D eigenvalue weighted by molar-refractivity contribution is 9.11. The number of fused-ring (bicyclic) bond motifs is 1. The SMILES string of the molecule is O=C(Nc1c(-c2ccccc2)nc2c(Br)cc(Br)cn12)c1cccs1. The Morgan fingerprint density at radius 3 is 2.64 bits per heavy atom. The Balaban J connectivity index is 1.91. The molecule has 0 aliphatic rings. The van der Waals surface area contributed by atoms with E-state index >= 15 is 0 Å². The molecule has 4 rings (SSSR count). The first-order chi connectivity index (χ1) is 12.1. The van der Waals surface area contributed by atoms with Crippen LogP contribution in [-0.2, 0) is 0 Å². The normalized spacial score (nSPS) is 11.0. The van der Waals surface area contributed by atoms with Gasteiger partial charge in [-0.3, -0.25) is 9.20 Å². The molecule has 0 aliphatic heterocycles. The average molecular weight is 477 g/mol. The molecule has 0 bridgehead atoms. The predicted octanol–water partition coefficient (Wildman–Crippen LogP) is 5.84. The Morgan fingerprint density at radius 2 is 1.92 bits per heavy atom. The number of amides is 1. The largest absolute Gasteiger partial charge is 0.305 e. The quantitative estimate of drug-likeness (QED) is 0.403. The standard InChI is InChI=1S/C18H11Br2N3OS/c19-12-9-13(20)16-21-15(11-5-2-1-3-6-11)17(23(16)10-12)22-18(24)14-7-4-8-25-14/h1-10H,(H,22,24). The van der Waals surface area contributed by atoms with Gasteiger partial charge in [-0.05, 0) is 49.4 Å². The van der Waals surface area contributed by atoms with Crippen LogP contribution >= 0.6 is 43.2 Å². The van der Waals surface area contributed by atoms with Gasteiger partial charge in [0.15, 0.2) is 5.65 Å². The van der Waals surface area contributed by atoms with Crippen LogP contribution in [0.2, 0.25) is 0 Å². The summed E-state index contributed by atoms with van der Waals surface area (Å²) >= 11 is 8.45. The van der Waals surface area contributed by atoms with Gasteiger partial charge in [-0.15, -0.1) is 11.3 Å². The number of pyridine rings is 1. The second kappa shape index (κ2) is 6.74. The number of benzene rings is 1. The molecule has 0 saturated carbocycles. The molecule has 0 atom stereocenters. The molecule has 3 heterocycles. The molecular formula is C18H11Br2N3OS. The van der Waals surface area contributed by atoms with E-state index in [2.05, 4.69) is 37.2 Å². The van der Waals surface area contributed by atoms with E-state index in [1.54, 1.807) is 6.07 Å². The zero-order valence-electron chi connectivity index (χ0n) is 12.7. The van der Waals surface area contributed by atoms with E-state index in [0.29, 0.717) is 10.7 Å². The molecule has 3 aromatic heterocycles. The molecule has 4 nitrogen and oxygen atoms in total. The number of rotatable bonds is 3. The molecule has 0 spiro atoms. The first-order valence-electron chi connectivity index (χ1n) is 7.41. The van der Waals surface area contributed by atoms with Gasteiger partial charge in [0.05, 0.1) is 9.35 Å². The average Bonchev–Trinajstić information content (AvgIpc) is 3.25. The number of aromatic nitrogens is 2. The molecule has 0 radical (unpaired) electrons. The van der Waals surface area contributed by atoms with Gasteiger partial charge in [-0.25, -0.2) is 4.98 Å². The van der Waals surface area contributed by atoms with Gasteiger partial charge >= 0.3 is 0 Å². The van der Waals surface area contributed by atoms with Crippen LogP contribution in [0.5, 0.6) is 0 Å². The van der Waals surface area contributed by atoms with Gasteiger partial charge in [0.1, 0.15) is 11.5 Å². The second-order valence-corrected chi connectivity index (χ2v) is 8.02. The summed E-state index contributed by atoms with van der Waals surface area (Å²) in [4.78, 5) is 18.0. The van der Waals surface area contributed by atoms with Crippen molar-refractivity contribution in [3.63, 3.8) is 0 Å². The molecule has 124 valence electrons. The lowest BCUT2D eigenvalue weighted by Gasteiger charge is -2.07. The molecule has 0 fully saturated rings. The van der Waals surface area contributed by atoms with Gasteiger partial charge in [0.25, 0.3) is 5.91 Å². The number of carbonyl (C=O) groups is 1. The summed E-state index contributed by atoms with van der Waals surface area (Å²) in [5.74, 6) is 0.492. The number of hydrogen-bond acceptors (Lipinski definition) is 3. The monoisotopic (exact) mass is 475 g/mol. The third-order valence-corrected chi connectivity index (χ3v) is 5.55. The highest BCUT2D eigenvalue weighted by atomic mass is 79.9.